The van der Waals surface area contributed by atoms with Gasteiger partial charge in [0.15, 0.2) is 0 Å². The number of anilines is 1. The van der Waals surface area contributed by atoms with Gasteiger partial charge in [-0.05, 0) is 37.1 Å². The summed E-state index contributed by atoms with van der Waals surface area (Å²) in [5.41, 5.74) is -1.99. The molecule has 12 heteroatoms. The predicted molar refractivity (Wildman–Crippen MR) is 108 cm³/mol. The van der Waals surface area contributed by atoms with Crippen LogP contribution in [0.25, 0.3) is 0 Å². The van der Waals surface area contributed by atoms with Gasteiger partial charge >= 0.3 is 6.18 Å². The molecule has 31 heavy (non-hydrogen) atoms. The van der Waals surface area contributed by atoms with Crippen LogP contribution >= 0.6 is 11.6 Å². The van der Waals surface area contributed by atoms with Gasteiger partial charge < -0.3 is 9.88 Å². The Morgan fingerprint density at radius 3 is 2.45 bits per heavy atom. The van der Waals surface area contributed by atoms with E-state index in [4.69, 9.17) is 11.6 Å². The van der Waals surface area contributed by atoms with Crippen molar-refractivity contribution in [3.05, 3.63) is 57.5 Å². The van der Waals surface area contributed by atoms with E-state index in [1.54, 1.807) is 0 Å². The lowest BCUT2D eigenvalue weighted by Gasteiger charge is -2.26. The van der Waals surface area contributed by atoms with Crippen LogP contribution < -0.4 is 10.9 Å². The summed E-state index contributed by atoms with van der Waals surface area (Å²) >= 11 is 5.58. The zero-order valence-corrected chi connectivity index (χ0v) is 17.7. The molecular formula is C19H19ClF3N3O4S. The average molecular weight is 478 g/mol. The molecule has 1 amide bonds. The third-order valence-corrected chi connectivity index (χ3v) is 6.92. The molecule has 1 aliphatic heterocycles. The number of rotatable bonds is 5. The molecule has 1 fully saturated rings. The van der Waals surface area contributed by atoms with Gasteiger partial charge in [-0.1, -0.05) is 24.1 Å². The lowest BCUT2D eigenvalue weighted by Crippen LogP contribution is -2.35. The summed E-state index contributed by atoms with van der Waals surface area (Å²) in [4.78, 5) is 24.3. The van der Waals surface area contributed by atoms with Crippen LogP contribution in [0.3, 0.4) is 0 Å². The molecule has 1 aliphatic rings. The van der Waals surface area contributed by atoms with Crippen molar-refractivity contribution in [2.45, 2.75) is 36.9 Å². The number of benzene rings is 1. The number of nitrogens with zero attached hydrogens (tertiary/aromatic N) is 2. The molecule has 2 aromatic rings. The summed E-state index contributed by atoms with van der Waals surface area (Å²) in [5.74, 6) is -0.815. The number of piperidine rings is 1. The second-order valence-electron chi connectivity index (χ2n) is 7.05. The first-order valence-corrected chi connectivity index (χ1v) is 11.2. The summed E-state index contributed by atoms with van der Waals surface area (Å²) in [6, 6.07) is 6.04. The molecule has 0 spiro atoms. The Morgan fingerprint density at radius 2 is 1.81 bits per heavy atom. The van der Waals surface area contributed by atoms with Gasteiger partial charge in [-0.15, -0.1) is 0 Å². The van der Waals surface area contributed by atoms with Gasteiger partial charge in [0.2, 0.25) is 15.9 Å². The van der Waals surface area contributed by atoms with E-state index >= 15 is 0 Å². The van der Waals surface area contributed by atoms with Crippen LogP contribution in [-0.2, 0) is 27.5 Å². The van der Waals surface area contributed by atoms with E-state index in [0.29, 0.717) is 29.9 Å². The highest BCUT2D eigenvalue weighted by Crippen LogP contribution is 2.29. The molecule has 0 radical (unpaired) electrons. The highest BCUT2D eigenvalue weighted by molar-refractivity contribution is 7.89. The molecule has 1 N–H and O–H groups in total. The summed E-state index contributed by atoms with van der Waals surface area (Å²) < 4.78 is 66.3. The van der Waals surface area contributed by atoms with Crippen LogP contribution in [0.2, 0.25) is 5.02 Å². The van der Waals surface area contributed by atoms with Crippen molar-refractivity contribution >= 4 is 33.2 Å². The van der Waals surface area contributed by atoms with Crippen molar-refractivity contribution in [2.24, 2.45) is 0 Å². The van der Waals surface area contributed by atoms with Gasteiger partial charge in [-0.2, -0.15) is 17.5 Å². The summed E-state index contributed by atoms with van der Waals surface area (Å²) in [6.07, 6.45) is -1.74. The number of hydrogen-bond donors (Lipinski definition) is 1. The first-order chi connectivity index (χ1) is 14.5. The first-order valence-electron chi connectivity index (χ1n) is 9.36. The number of nitrogens with one attached hydrogen (secondary N) is 1. The number of hydrogen-bond acceptors (Lipinski definition) is 4. The van der Waals surface area contributed by atoms with E-state index in [9.17, 15) is 31.2 Å². The Balaban J connectivity index is 1.78. The third-order valence-electron chi connectivity index (χ3n) is 4.75. The largest absolute Gasteiger partial charge is 0.417 e. The minimum absolute atomic E-state index is 0.00789. The van der Waals surface area contributed by atoms with Crippen molar-refractivity contribution in [1.29, 1.82) is 0 Å². The highest BCUT2D eigenvalue weighted by Gasteiger charge is 2.32. The number of pyridine rings is 1. The van der Waals surface area contributed by atoms with Crippen LogP contribution in [0.5, 0.6) is 0 Å². The molecule has 0 saturated carbocycles. The van der Waals surface area contributed by atoms with Crippen LogP contribution in [0.15, 0.2) is 46.2 Å². The predicted octanol–water partition coefficient (Wildman–Crippen LogP) is 3.33. The average Bonchev–Trinajstić information content (AvgIpc) is 2.71. The molecule has 0 aliphatic carbocycles. The standard InChI is InChI=1S/C19H19ClF3N3O4S/c20-16-9-13(19(21,22)23)11-25(18(16)28)12-17(27)24-14-5-4-6-15(10-14)31(29,30)26-7-2-1-3-8-26/h4-6,9-11H,1-3,7-8,12H2,(H,24,27). The van der Waals surface area contributed by atoms with E-state index in [1.807, 2.05) is 0 Å². The lowest BCUT2D eigenvalue weighted by molar-refractivity contribution is -0.138. The molecule has 2 heterocycles. The van der Waals surface area contributed by atoms with E-state index in [0.717, 1.165) is 19.3 Å². The Hall–Kier alpha value is -2.37. The monoisotopic (exact) mass is 477 g/mol. The van der Waals surface area contributed by atoms with E-state index < -0.39 is 44.8 Å². The minimum atomic E-state index is -4.74. The van der Waals surface area contributed by atoms with E-state index in [2.05, 4.69) is 5.32 Å². The second kappa shape index (κ2) is 9.01. The number of alkyl halides is 3. The smallest absolute Gasteiger partial charge is 0.324 e. The molecule has 7 nitrogen and oxygen atoms in total. The van der Waals surface area contributed by atoms with Gasteiger partial charge in [0, 0.05) is 25.0 Å². The molecule has 0 bridgehead atoms. The van der Waals surface area contributed by atoms with Gasteiger partial charge in [-0.25, -0.2) is 8.42 Å². The Morgan fingerprint density at radius 1 is 1.13 bits per heavy atom. The Kier molecular flexibility index (Phi) is 6.77. The van der Waals surface area contributed by atoms with Gasteiger partial charge in [0.05, 0.1) is 10.5 Å². The first kappa shape index (κ1) is 23.3. The SMILES string of the molecule is O=C(Cn1cc(C(F)(F)F)cc(Cl)c1=O)Nc1cccc(S(=O)(=O)N2CCCCC2)c1. The minimum Gasteiger partial charge on any atom is -0.324 e. The number of halogens is 4. The maximum atomic E-state index is 12.9. The second-order valence-corrected chi connectivity index (χ2v) is 9.39. The van der Waals surface area contributed by atoms with Crippen LogP contribution in [0.1, 0.15) is 24.8 Å². The van der Waals surface area contributed by atoms with Crippen LogP contribution in [0.4, 0.5) is 18.9 Å². The normalized spacial score (nSPS) is 15.6. The maximum Gasteiger partial charge on any atom is 0.417 e. The highest BCUT2D eigenvalue weighted by atomic mass is 35.5. The van der Waals surface area contributed by atoms with Crippen molar-refractivity contribution < 1.29 is 26.4 Å². The Labute approximate surface area is 181 Å². The van der Waals surface area contributed by atoms with Crippen LogP contribution in [-0.4, -0.2) is 36.3 Å². The third kappa shape index (κ3) is 5.46. The number of carbonyl (C=O) groups is 1. The maximum absolute atomic E-state index is 12.9. The van der Waals surface area contributed by atoms with E-state index in [-0.39, 0.29) is 10.6 Å². The number of amides is 1. The quantitative estimate of drug-likeness (QED) is 0.715. The molecule has 1 saturated heterocycles. The lowest BCUT2D eigenvalue weighted by atomic mass is 10.2. The molecule has 0 unspecified atom stereocenters. The van der Waals surface area contributed by atoms with Crippen molar-refractivity contribution in [3.8, 4) is 0 Å². The fourth-order valence-electron chi connectivity index (χ4n) is 3.22. The zero-order chi connectivity index (χ0) is 22.8. The molecule has 0 atom stereocenters. The zero-order valence-electron chi connectivity index (χ0n) is 16.2. The fourth-order valence-corrected chi connectivity index (χ4v) is 5.01. The van der Waals surface area contributed by atoms with E-state index in [1.165, 1.54) is 28.6 Å². The fraction of sp³-hybridized carbons (Fsp3) is 0.368. The molecular weight excluding hydrogens is 459 g/mol. The number of aromatic nitrogens is 1. The summed E-state index contributed by atoms with van der Waals surface area (Å²) in [6.45, 7) is 0.0991. The summed E-state index contributed by atoms with van der Waals surface area (Å²) in [7, 11) is -3.73. The summed E-state index contributed by atoms with van der Waals surface area (Å²) in [5, 5.41) is 1.74. The number of sulfonamides is 1. The van der Waals surface area contributed by atoms with Crippen molar-refractivity contribution in [3.63, 3.8) is 0 Å². The topological polar surface area (TPSA) is 88.5 Å². The molecule has 168 valence electrons. The molecule has 1 aromatic heterocycles. The number of carbonyl (C=O) groups excluding carboxylic acids is 1. The molecule has 1 aromatic carbocycles. The Bertz CT molecular complexity index is 1140. The van der Waals surface area contributed by atoms with Gasteiger partial charge in [-0.3, -0.25) is 9.59 Å². The molecule has 3 rings (SSSR count). The van der Waals surface area contributed by atoms with Crippen molar-refractivity contribution in [2.75, 3.05) is 18.4 Å². The van der Waals surface area contributed by atoms with Crippen molar-refractivity contribution in [1.82, 2.24) is 8.87 Å². The van der Waals surface area contributed by atoms with Gasteiger partial charge in [0.1, 0.15) is 11.6 Å². The van der Waals surface area contributed by atoms with Crippen LogP contribution in [0, 0.1) is 0 Å². The van der Waals surface area contributed by atoms with Gasteiger partial charge in [0.25, 0.3) is 5.56 Å².